The molecule has 0 rings (SSSR count). The first kappa shape index (κ1) is 32.6. The Morgan fingerprint density at radius 2 is 0.906 bits per heavy atom. The number of rotatable bonds is 15. The van der Waals surface area contributed by atoms with Crippen LogP contribution in [0.3, 0.4) is 0 Å². The lowest BCUT2D eigenvalue weighted by atomic mass is 10.0. The van der Waals surface area contributed by atoms with Gasteiger partial charge in [0.1, 0.15) is 18.5 Å². The average Bonchev–Trinajstić information content (AvgIpc) is 2.48. The van der Waals surface area contributed by atoms with Crippen LogP contribution in [0.25, 0.3) is 0 Å². The van der Waals surface area contributed by atoms with Crippen LogP contribution >= 0.6 is 0 Å². The van der Waals surface area contributed by atoms with E-state index in [0.717, 1.165) is 6.29 Å². The van der Waals surface area contributed by atoms with Gasteiger partial charge in [0.25, 0.3) is 0 Å². The molecule has 0 amide bonds. The summed E-state index contributed by atoms with van der Waals surface area (Å²) in [6.07, 6.45) is -1.11. The van der Waals surface area contributed by atoms with Gasteiger partial charge in [-0.25, -0.2) is 0 Å². The minimum absolute atomic E-state index is 0.325. The van der Waals surface area contributed by atoms with Crippen molar-refractivity contribution in [1.82, 2.24) is 0 Å². The fourth-order valence-electron chi connectivity index (χ4n) is 3.05. The second kappa shape index (κ2) is 12.0. The molecule has 0 heterocycles. The van der Waals surface area contributed by atoms with Crippen molar-refractivity contribution in [2.45, 2.75) is 123 Å². The van der Waals surface area contributed by atoms with Gasteiger partial charge in [-0.05, 0) is 98.2 Å². The molecule has 0 bridgehead atoms. The Bertz CT molecular complexity index is 570. The normalized spacial score (nSPS) is 18.2. The van der Waals surface area contributed by atoms with Crippen molar-refractivity contribution in [2.75, 3.05) is 6.61 Å². The monoisotopic (exact) mass is 540 g/mol. The molecule has 192 valence electrons. The van der Waals surface area contributed by atoms with E-state index in [1.54, 1.807) is 0 Å². The van der Waals surface area contributed by atoms with Crippen LogP contribution in [0.5, 0.6) is 0 Å². The average molecular weight is 541 g/mol. The van der Waals surface area contributed by atoms with Crippen molar-refractivity contribution in [3.05, 3.63) is 0 Å². The molecule has 0 spiro atoms. The van der Waals surface area contributed by atoms with Crippen LogP contribution in [-0.2, 0) is 26.9 Å². The molecule has 0 radical (unpaired) electrons. The van der Waals surface area contributed by atoms with Gasteiger partial charge in [-0.2, -0.15) is 0 Å². The fraction of sp³-hybridized carbons (Fsp3) is 0.952. The molecule has 0 fully saturated rings. The SMILES string of the molecule is C[Si](C)(C)OC[C@H](O[Si](C)(C)C)[C@@H](O[Si](C)(C)C)[C@H](O[Si](C)(C)C)C(C=O)O[Si](C)(C)C. The van der Waals surface area contributed by atoms with Crippen molar-refractivity contribution in [3.8, 4) is 0 Å². The lowest BCUT2D eigenvalue weighted by Gasteiger charge is -2.44. The Morgan fingerprint density at radius 1 is 0.531 bits per heavy atom. The van der Waals surface area contributed by atoms with E-state index in [2.05, 4.69) is 98.2 Å². The highest BCUT2D eigenvalue weighted by Crippen LogP contribution is 2.28. The molecule has 0 aromatic rings. The molecule has 6 nitrogen and oxygen atoms in total. The third kappa shape index (κ3) is 16.2. The summed E-state index contributed by atoms with van der Waals surface area (Å²) in [6.45, 7) is 32.6. The number of carbonyl (C=O) groups is 1. The molecule has 0 N–H and O–H groups in total. The van der Waals surface area contributed by atoms with E-state index in [0.29, 0.717) is 6.61 Å². The molecule has 0 aromatic heterocycles. The summed E-state index contributed by atoms with van der Waals surface area (Å²) in [5.41, 5.74) is 0. The number of aldehydes is 1. The van der Waals surface area contributed by atoms with Gasteiger partial charge in [-0.3, -0.25) is 0 Å². The van der Waals surface area contributed by atoms with E-state index < -0.39 is 59.9 Å². The zero-order valence-corrected chi connectivity index (χ0v) is 28.5. The molecule has 32 heavy (non-hydrogen) atoms. The quantitative estimate of drug-likeness (QED) is 0.190. The Labute approximate surface area is 203 Å². The van der Waals surface area contributed by atoms with Gasteiger partial charge in [-0.1, -0.05) is 0 Å². The summed E-state index contributed by atoms with van der Waals surface area (Å²) >= 11 is 0. The molecule has 0 saturated heterocycles. The van der Waals surface area contributed by atoms with Gasteiger partial charge < -0.3 is 26.9 Å². The van der Waals surface area contributed by atoms with Crippen LogP contribution in [0.2, 0.25) is 98.2 Å². The number of hydrogen-bond donors (Lipinski definition) is 0. The molecule has 0 aromatic carbocycles. The highest BCUT2D eigenvalue weighted by atomic mass is 28.4. The van der Waals surface area contributed by atoms with E-state index in [-0.39, 0.29) is 6.10 Å². The Hall–Kier alpha value is 0.554. The lowest BCUT2D eigenvalue weighted by molar-refractivity contribution is -0.127. The Balaban J connectivity index is 6.51. The zero-order valence-electron chi connectivity index (χ0n) is 23.5. The highest BCUT2D eigenvalue weighted by molar-refractivity contribution is 6.71. The first-order valence-corrected chi connectivity index (χ1v) is 28.8. The molecule has 11 heteroatoms. The summed E-state index contributed by atoms with van der Waals surface area (Å²) in [7, 11) is -9.81. The highest BCUT2D eigenvalue weighted by Gasteiger charge is 2.45. The minimum atomic E-state index is -2.04. The molecule has 1 unspecified atom stereocenters. The van der Waals surface area contributed by atoms with Crippen LogP contribution in [0.4, 0.5) is 0 Å². The summed E-state index contributed by atoms with van der Waals surface area (Å²) in [5.74, 6) is 0. The van der Waals surface area contributed by atoms with Gasteiger partial charge in [0, 0.05) is 0 Å². The predicted octanol–water partition coefficient (Wildman–Crippen LogP) is 5.92. The van der Waals surface area contributed by atoms with Gasteiger partial charge >= 0.3 is 0 Å². The number of carbonyl (C=O) groups excluding carboxylic acids is 1. The van der Waals surface area contributed by atoms with Crippen molar-refractivity contribution >= 4 is 47.9 Å². The topological polar surface area (TPSA) is 63.2 Å². The predicted molar refractivity (Wildman–Crippen MR) is 148 cm³/mol. The van der Waals surface area contributed by atoms with Crippen molar-refractivity contribution in [2.24, 2.45) is 0 Å². The van der Waals surface area contributed by atoms with Crippen molar-refractivity contribution in [1.29, 1.82) is 0 Å². The fourth-order valence-corrected chi connectivity index (χ4v) is 8.02. The molecule has 0 aliphatic rings. The summed E-state index contributed by atoms with van der Waals surface area (Å²) < 4.78 is 32.8. The van der Waals surface area contributed by atoms with E-state index in [4.69, 9.17) is 22.1 Å². The van der Waals surface area contributed by atoms with E-state index in [1.807, 2.05) is 0 Å². The molecule has 4 atom stereocenters. The summed E-state index contributed by atoms with van der Waals surface area (Å²) in [4.78, 5) is 12.3. The van der Waals surface area contributed by atoms with E-state index in [1.165, 1.54) is 0 Å². The van der Waals surface area contributed by atoms with Gasteiger partial charge in [-0.15, -0.1) is 0 Å². The maximum absolute atomic E-state index is 12.3. The Kier molecular flexibility index (Phi) is 12.2. The zero-order chi connectivity index (χ0) is 25.8. The molecule has 0 aliphatic heterocycles. The van der Waals surface area contributed by atoms with Gasteiger partial charge in [0.2, 0.25) is 0 Å². The molecule has 0 saturated carbocycles. The van der Waals surface area contributed by atoms with Crippen molar-refractivity contribution < 1.29 is 26.9 Å². The van der Waals surface area contributed by atoms with Gasteiger partial charge in [0.15, 0.2) is 41.6 Å². The summed E-state index contributed by atoms with van der Waals surface area (Å²) in [5, 5.41) is 0. The minimum Gasteiger partial charge on any atom is -0.415 e. The van der Waals surface area contributed by atoms with E-state index >= 15 is 0 Å². The van der Waals surface area contributed by atoms with Crippen LogP contribution in [0.15, 0.2) is 0 Å². The molecular weight excluding hydrogens is 489 g/mol. The summed E-state index contributed by atoms with van der Waals surface area (Å²) in [6, 6.07) is 0. The smallest absolute Gasteiger partial charge is 0.184 e. The largest absolute Gasteiger partial charge is 0.415 e. The maximum Gasteiger partial charge on any atom is 0.184 e. The van der Waals surface area contributed by atoms with Gasteiger partial charge in [0.05, 0.1) is 18.8 Å². The van der Waals surface area contributed by atoms with Crippen LogP contribution in [0, 0.1) is 0 Å². The van der Waals surface area contributed by atoms with Crippen LogP contribution in [-0.4, -0.2) is 78.9 Å². The standard InChI is InChI=1S/C21H52O6Si5/c1-28(2,3)23-17-19(25-30(7,8)9)21(27-32(13,14)15)20(26-31(10,11)12)18(16-22)24-29(4,5)6/h16,18-21H,17H2,1-15H3/t18?,19-,20+,21+/m0/s1. The first-order chi connectivity index (χ1) is 13.9. The third-order valence-electron chi connectivity index (χ3n) is 3.80. The maximum atomic E-state index is 12.3. The number of hydrogen-bond acceptors (Lipinski definition) is 6. The van der Waals surface area contributed by atoms with Crippen molar-refractivity contribution in [3.63, 3.8) is 0 Å². The second-order valence-corrected chi connectivity index (χ2v) is 35.8. The lowest BCUT2D eigenvalue weighted by Crippen LogP contribution is -2.59. The molecular formula is C21H52O6Si5. The van der Waals surface area contributed by atoms with Crippen LogP contribution < -0.4 is 0 Å². The van der Waals surface area contributed by atoms with Crippen LogP contribution in [0.1, 0.15) is 0 Å². The first-order valence-electron chi connectivity index (χ1n) is 11.7. The second-order valence-electron chi connectivity index (χ2n) is 13.4. The van der Waals surface area contributed by atoms with E-state index in [9.17, 15) is 4.79 Å². The third-order valence-corrected chi connectivity index (χ3v) is 8.78. The molecule has 0 aliphatic carbocycles. The Morgan fingerprint density at radius 3 is 1.22 bits per heavy atom.